The van der Waals surface area contributed by atoms with Crippen LogP contribution >= 0.6 is 0 Å². The predicted octanol–water partition coefficient (Wildman–Crippen LogP) is 1.45. The number of nitrogens with zero attached hydrogens (tertiary/aromatic N) is 1. The van der Waals surface area contributed by atoms with Gasteiger partial charge < -0.3 is 10.1 Å². The van der Waals surface area contributed by atoms with Gasteiger partial charge in [-0.25, -0.2) is 0 Å². The standard InChI is InChI=1S/C16H22N2O/c1-11-2-3-16-12(4-11)5-15(19-16)10-18-8-13-6-17-7-14(13)9-18/h2-4,13-15,17H,5-10H2,1H3/t13-,14+,15?. The molecule has 3 aliphatic rings. The van der Waals surface area contributed by atoms with Crippen molar-refractivity contribution in [3.63, 3.8) is 0 Å². The normalized spacial score (nSPS) is 33.2. The number of ether oxygens (including phenoxy) is 1. The molecule has 1 N–H and O–H groups in total. The lowest BCUT2D eigenvalue weighted by atomic mass is 10.0. The molecule has 1 unspecified atom stereocenters. The Morgan fingerprint density at radius 1 is 1.26 bits per heavy atom. The van der Waals surface area contributed by atoms with Gasteiger partial charge in [-0.1, -0.05) is 17.7 Å². The monoisotopic (exact) mass is 258 g/mol. The van der Waals surface area contributed by atoms with Crippen molar-refractivity contribution in [3.05, 3.63) is 29.3 Å². The zero-order valence-electron chi connectivity index (χ0n) is 11.6. The Balaban J connectivity index is 1.38. The van der Waals surface area contributed by atoms with E-state index < -0.39 is 0 Å². The highest BCUT2D eigenvalue weighted by Gasteiger charge is 2.37. The molecule has 0 radical (unpaired) electrons. The quantitative estimate of drug-likeness (QED) is 0.869. The largest absolute Gasteiger partial charge is 0.488 e. The maximum atomic E-state index is 6.09. The summed E-state index contributed by atoms with van der Waals surface area (Å²) in [4.78, 5) is 2.61. The van der Waals surface area contributed by atoms with Gasteiger partial charge in [0.1, 0.15) is 11.9 Å². The Morgan fingerprint density at radius 2 is 2.05 bits per heavy atom. The molecular weight excluding hydrogens is 236 g/mol. The summed E-state index contributed by atoms with van der Waals surface area (Å²) in [7, 11) is 0. The van der Waals surface area contributed by atoms with Gasteiger partial charge in [0.05, 0.1) is 0 Å². The fourth-order valence-electron chi connectivity index (χ4n) is 3.94. The molecule has 0 amide bonds. The lowest BCUT2D eigenvalue weighted by Gasteiger charge is -2.21. The first kappa shape index (κ1) is 11.7. The van der Waals surface area contributed by atoms with Crippen LogP contribution in [0.3, 0.4) is 0 Å². The molecule has 3 heteroatoms. The number of benzene rings is 1. The van der Waals surface area contributed by atoms with E-state index in [0.29, 0.717) is 6.10 Å². The second-order valence-corrected chi connectivity index (χ2v) is 6.45. The van der Waals surface area contributed by atoms with E-state index in [0.717, 1.165) is 30.6 Å². The molecule has 3 nitrogen and oxygen atoms in total. The summed E-state index contributed by atoms with van der Waals surface area (Å²) in [6.07, 6.45) is 1.45. The fraction of sp³-hybridized carbons (Fsp3) is 0.625. The molecule has 1 aromatic rings. The van der Waals surface area contributed by atoms with Gasteiger partial charge in [-0.15, -0.1) is 0 Å². The summed E-state index contributed by atoms with van der Waals surface area (Å²) < 4.78 is 6.09. The summed E-state index contributed by atoms with van der Waals surface area (Å²) in [5.74, 6) is 2.87. The van der Waals surface area contributed by atoms with E-state index in [9.17, 15) is 0 Å². The topological polar surface area (TPSA) is 24.5 Å². The van der Waals surface area contributed by atoms with Gasteiger partial charge in [-0.05, 0) is 43.5 Å². The van der Waals surface area contributed by atoms with Gasteiger partial charge in [0.25, 0.3) is 0 Å². The second-order valence-electron chi connectivity index (χ2n) is 6.45. The fourth-order valence-corrected chi connectivity index (χ4v) is 3.94. The van der Waals surface area contributed by atoms with Crippen molar-refractivity contribution in [1.29, 1.82) is 0 Å². The molecule has 0 bridgehead atoms. The van der Waals surface area contributed by atoms with Crippen molar-refractivity contribution in [2.45, 2.75) is 19.4 Å². The van der Waals surface area contributed by atoms with Crippen molar-refractivity contribution >= 4 is 0 Å². The third kappa shape index (κ3) is 2.15. The van der Waals surface area contributed by atoms with Crippen LogP contribution in [0.5, 0.6) is 5.75 Å². The Bertz CT molecular complexity index is 476. The number of aryl methyl sites for hydroxylation is 1. The lowest BCUT2D eigenvalue weighted by molar-refractivity contribution is 0.162. The Morgan fingerprint density at radius 3 is 2.84 bits per heavy atom. The highest BCUT2D eigenvalue weighted by molar-refractivity contribution is 5.40. The van der Waals surface area contributed by atoms with Crippen LogP contribution in [0.4, 0.5) is 0 Å². The lowest BCUT2D eigenvalue weighted by Crippen LogP contribution is -2.35. The van der Waals surface area contributed by atoms with Gasteiger partial charge in [-0.2, -0.15) is 0 Å². The number of hydrogen-bond donors (Lipinski definition) is 1. The molecule has 3 atom stereocenters. The van der Waals surface area contributed by atoms with Crippen LogP contribution in [0.2, 0.25) is 0 Å². The molecule has 1 aromatic carbocycles. The zero-order chi connectivity index (χ0) is 12.8. The Kier molecular flexibility index (Phi) is 2.78. The molecule has 2 saturated heterocycles. The minimum atomic E-state index is 0.364. The minimum Gasteiger partial charge on any atom is -0.488 e. The van der Waals surface area contributed by atoms with E-state index in [-0.39, 0.29) is 0 Å². The van der Waals surface area contributed by atoms with Gasteiger partial charge in [0, 0.05) is 26.1 Å². The SMILES string of the molecule is Cc1ccc2c(c1)CC(CN1C[C@H]3CNC[C@H]3C1)O2. The zero-order valence-corrected chi connectivity index (χ0v) is 11.6. The molecular formula is C16H22N2O. The van der Waals surface area contributed by atoms with Crippen molar-refractivity contribution in [1.82, 2.24) is 10.2 Å². The highest BCUT2D eigenvalue weighted by Crippen LogP contribution is 2.32. The van der Waals surface area contributed by atoms with Crippen LogP contribution in [0.15, 0.2) is 18.2 Å². The molecule has 0 spiro atoms. The van der Waals surface area contributed by atoms with E-state index >= 15 is 0 Å². The van der Waals surface area contributed by atoms with Gasteiger partial charge >= 0.3 is 0 Å². The van der Waals surface area contributed by atoms with Crippen molar-refractivity contribution in [2.75, 3.05) is 32.7 Å². The number of nitrogens with one attached hydrogen (secondary N) is 1. The smallest absolute Gasteiger partial charge is 0.123 e. The first-order valence-electron chi connectivity index (χ1n) is 7.47. The molecule has 19 heavy (non-hydrogen) atoms. The van der Waals surface area contributed by atoms with Crippen LogP contribution in [0.25, 0.3) is 0 Å². The molecule has 3 aliphatic heterocycles. The van der Waals surface area contributed by atoms with Gasteiger partial charge in [-0.3, -0.25) is 4.90 Å². The Hall–Kier alpha value is -1.06. The number of hydrogen-bond acceptors (Lipinski definition) is 3. The molecule has 0 aromatic heterocycles. The molecule has 2 fully saturated rings. The third-order valence-corrected chi connectivity index (χ3v) is 4.88. The number of fused-ring (bicyclic) bond motifs is 2. The molecule has 102 valence electrons. The van der Waals surface area contributed by atoms with Gasteiger partial charge in [0.15, 0.2) is 0 Å². The predicted molar refractivity (Wildman–Crippen MR) is 75.6 cm³/mol. The maximum Gasteiger partial charge on any atom is 0.123 e. The second kappa shape index (κ2) is 4.50. The third-order valence-electron chi connectivity index (χ3n) is 4.88. The maximum absolute atomic E-state index is 6.09. The first-order valence-corrected chi connectivity index (χ1v) is 7.47. The number of rotatable bonds is 2. The molecule has 0 aliphatic carbocycles. The van der Waals surface area contributed by atoms with Crippen LogP contribution in [-0.4, -0.2) is 43.7 Å². The summed E-state index contributed by atoms with van der Waals surface area (Å²) in [6.45, 7) is 8.20. The minimum absolute atomic E-state index is 0.364. The highest BCUT2D eigenvalue weighted by atomic mass is 16.5. The van der Waals surface area contributed by atoms with E-state index in [1.54, 1.807) is 0 Å². The average molecular weight is 258 g/mol. The first-order chi connectivity index (χ1) is 9.28. The molecule has 3 heterocycles. The van der Waals surface area contributed by atoms with Gasteiger partial charge in [0.2, 0.25) is 0 Å². The summed E-state index contributed by atoms with van der Waals surface area (Å²) >= 11 is 0. The van der Waals surface area contributed by atoms with E-state index in [2.05, 4.69) is 35.3 Å². The number of likely N-dealkylation sites (tertiary alicyclic amines) is 1. The summed E-state index contributed by atoms with van der Waals surface area (Å²) in [5.41, 5.74) is 2.73. The van der Waals surface area contributed by atoms with Crippen molar-refractivity contribution in [3.8, 4) is 5.75 Å². The summed E-state index contributed by atoms with van der Waals surface area (Å²) in [6, 6.07) is 6.55. The van der Waals surface area contributed by atoms with E-state index in [4.69, 9.17) is 4.74 Å². The van der Waals surface area contributed by atoms with Crippen LogP contribution in [0.1, 0.15) is 11.1 Å². The van der Waals surface area contributed by atoms with Crippen molar-refractivity contribution < 1.29 is 4.74 Å². The molecule has 4 rings (SSSR count). The summed E-state index contributed by atoms with van der Waals surface area (Å²) in [5, 5.41) is 3.50. The average Bonchev–Trinajstić information content (AvgIpc) is 3.01. The van der Waals surface area contributed by atoms with E-state index in [1.807, 2.05) is 0 Å². The molecule has 0 saturated carbocycles. The van der Waals surface area contributed by atoms with E-state index in [1.165, 1.54) is 37.3 Å². The van der Waals surface area contributed by atoms with Crippen LogP contribution in [-0.2, 0) is 6.42 Å². The van der Waals surface area contributed by atoms with Crippen molar-refractivity contribution in [2.24, 2.45) is 11.8 Å². The Labute approximate surface area is 114 Å². The van der Waals surface area contributed by atoms with Crippen LogP contribution in [0, 0.1) is 18.8 Å². The van der Waals surface area contributed by atoms with Crippen LogP contribution < -0.4 is 10.1 Å².